The third-order valence-corrected chi connectivity index (χ3v) is 15.1. The number of carbonyl (C=O) groups excluding carboxylic acids is 2. The molecule has 6 rings (SSSR count). The summed E-state index contributed by atoms with van der Waals surface area (Å²) in [6.07, 6.45) is 4.45. The van der Waals surface area contributed by atoms with Gasteiger partial charge in [0.2, 0.25) is 0 Å². The number of hydrogen-bond donors (Lipinski definition) is 2. The number of benzene rings is 2. The van der Waals surface area contributed by atoms with Crippen LogP contribution in [-0.4, -0.2) is 60.8 Å². The van der Waals surface area contributed by atoms with Crippen LogP contribution in [0.3, 0.4) is 0 Å². The van der Waals surface area contributed by atoms with Gasteiger partial charge in [0.25, 0.3) is 10.0 Å². The topological polar surface area (TPSA) is 159 Å². The van der Waals surface area contributed by atoms with Crippen LogP contribution in [0.4, 0.5) is 11.4 Å². The lowest BCUT2D eigenvalue weighted by atomic mass is 9.59. The summed E-state index contributed by atoms with van der Waals surface area (Å²) >= 11 is 0. The summed E-state index contributed by atoms with van der Waals surface area (Å²) in [5, 5.41) is 13.5. The SMILES string of the molecule is CCOC(=O)C1CCCN(c2ccc(-c3nc4c(C(=O)OC5C(C(C)(C)C)CC(C)CC5C(C)(C)C)c(C#N)cn4[nH]3)cc2NS(=O)(=O)c2c(C(C)C)cc(C(C)C)cc2C(C)C)C1. The summed E-state index contributed by atoms with van der Waals surface area (Å²) in [5.41, 5.74) is 4.31. The standard InChI is InChI=1S/C51H72N6O6S/c1-15-62-48(58)34-17-16-20-56(27-34)42-19-18-33(25-41(42)55-64(60,61)45-37(30(4)5)23-35(29(2)3)24-38(45)31(6)7)46-53-47-43(36(26-52)28-57(47)54-46)49(59)63-44-39(50(9,10)11)21-32(8)22-40(44)51(12,13)14/h18-19,23-25,28-32,34,39-40,44,55H,15-17,20-22,27H2,1-14H3,(H,53,54). The molecule has 2 fully saturated rings. The number of nitrogens with one attached hydrogen (secondary N) is 2. The maximum Gasteiger partial charge on any atom is 0.343 e. The van der Waals surface area contributed by atoms with Gasteiger partial charge in [0.05, 0.1) is 34.4 Å². The molecule has 2 aromatic heterocycles. The summed E-state index contributed by atoms with van der Waals surface area (Å²) in [6, 6.07) is 11.7. The Morgan fingerprint density at radius 1 is 0.953 bits per heavy atom. The molecule has 4 aromatic rings. The molecule has 0 amide bonds. The number of aromatic amines is 1. The number of esters is 2. The zero-order chi connectivity index (χ0) is 47.2. The van der Waals surface area contributed by atoms with Crippen LogP contribution in [0.25, 0.3) is 17.0 Å². The molecule has 1 aliphatic carbocycles. The predicted molar refractivity (Wildman–Crippen MR) is 254 cm³/mol. The predicted octanol–water partition coefficient (Wildman–Crippen LogP) is 11.4. The number of nitrogens with zero attached hydrogens (tertiary/aromatic N) is 4. The van der Waals surface area contributed by atoms with Gasteiger partial charge in [-0.3, -0.25) is 14.6 Å². The summed E-state index contributed by atoms with van der Waals surface area (Å²) in [5.74, 6) is -0.110. The molecular weight excluding hydrogens is 825 g/mol. The van der Waals surface area contributed by atoms with Crippen LogP contribution in [0.1, 0.15) is 173 Å². The van der Waals surface area contributed by atoms with Crippen molar-refractivity contribution in [1.29, 1.82) is 5.26 Å². The first-order valence-electron chi connectivity index (χ1n) is 23.3. The van der Waals surface area contributed by atoms with Gasteiger partial charge in [-0.1, -0.05) is 102 Å². The Kier molecular flexibility index (Phi) is 14.1. The summed E-state index contributed by atoms with van der Waals surface area (Å²) in [6.45, 7) is 30.8. The van der Waals surface area contributed by atoms with Crippen molar-refractivity contribution in [3.63, 3.8) is 0 Å². The van der Waals surface area contributed by atoms with Crippen molar-refractivity contribution in [1.82, 2.24) is 14.6 Å². The number of ether oxygens (including phenoxy) is 2. The van der Waals surface area contributed by atoms with Crippen LogP contribution in [0, 0.1) is 45.8 Å². The normalized spacial score (nSPS) is 21.1. The van der Waals surface area contributed by atoms with Crippen molar-refractivity contribution in [2.75, 3.05) is 29.3 Å². The minimum absolute atomic E-state index is 0.0765. The second kappa shape index (κ2) is 18.6. The lowest BCUT2D eigenvalue weighted by Crippen LogP contribution is -2.49. The Balaban J connectivity index is 1.46. The summed E-state index contributed by atoms with van der Waals surface area (Å²) in [7, 11) is -4.20. The van der Waals surface area contributed by atoms with E-state index in [9.17, 15) is 14.9 Å². The van der Waals surface area contributed by atoms with E-state index >= 15 is 8.42 Å². The highest BCUT2D eigenvalue weighted by atomic mass is 32.2. The number of piperidine rings is 1. The van der Waals surface area contributed by atoms with E-state index in [0.717, 1.165) is 36.0 Å². The summed E-state index contributed by atoms with van der Waals surface area (Å²) in [4.78, 5) is 34.7. The van der Waals surface area contributed by atoms with Gasteiger partial charge < -0.3 is 14.4 Å². The number of hydrogen-bond acceptors (Lipinski definition) is 9. The van der Waals surface area contributed by atoms with Gasteiger partial charge in [0.1, 0.15) is 17.7 Å². The second-order valence-corrected chi connectivity index (χ2v) is 23.2. The van der Waals surface area contributed by atoms with Crippen molar-refractivity contribution in [2.24, 2.45) is 34.5 Å². The maximum absolute atomic E-state index is 15.0. The number of anilines is 2. The number of fused-ring (bicyclic) bond motifs is 1. The van der Waals surface area contributed by atoms with Gasteiger partial charge >= 0.3 is 11.9 Å². The molecule has 3 atom stereocenters. The van der Waals surface area contributed by atoms with Crippen LogP contribution in [0.5, 0.6) is 0 Å². The fourth-order valence-electron chi connectivity index (χ4n) is 9.99. The average Bonchev–Trinajstić information content (AvgIpc) is 3.78. The summed E-state index contributed by atoms with van der Waals surface area (Å²) < 4.78 is 46.6. The highest BCUT2D eigenvalue weighted by Gasteiger charge is 2.48. The van der Waals surface area contributed by atoms with Gasteiger partial charge in [-0.15, -0.1) is 0 Å². The van der Waals surface area contributed by atoms with Crippen LogP contribution in [-0.2, 0) is 24.3 Å². The van der Waals surface area contributed by atoms with E-state index in [1.165, 1.54) is 0 Å². The molecule has 2 aliphatic rings. The molecule has 0 bridgehead atoms. The Morgan fingerprint density at radius 2 is 1.56 bits per heavy atom. The van der Waals surface area contributed by atoms with Crippen LogP contribution in [0.15, 0.2) is 41.4 Å². The molecule has 1 aliphatic heterocycles. The number of sulfonamides is 1. The number of nitriles is 1. The molecule has 1 saturated carbocycles. The average molecular weight is 897 g/mol. The monoisotopic (exact) mass is 897 g/mol. The molecule has 12 nitrogen and oxygen atoms in total. The molecule has 0 spiro atoms. The molecule has 3 unspecified atom stereocenters. The van der Waals surface area contributed by atoms with E-state index in [1.807, 2.05) is 56.9 Å². The zero-order valence-corrected chi connectivity index (χ0v) is 41.5. The van der Waals surface area contributed by atoms with E-state index in [2.05, 4.69) is 78.2 Å². The number of rotatable bonds is 12. The van der Waals surface area contributed by atoms with Crippen LogP contribution in [0.2, 0.25) is 0 Å². The van der Waals surface area contributed by atoms with Gasteiger partial charge in [0.15, 0.2) is 11.5 Å². The second-order valence-electron chi connectivity index (χ2n) is 21.6. The van der Waals surface area contributed by atoms with E-state index in [0.29, 0.717) is 48.2 Å². The lowest BCUT2D eigenvalue weighted by molar-refractivity contribution is -0.148. The van der Waals surface area contributed by atoms with E-state index in [1.54, 1.807) is 23.7 Å². The first-order valence-corrected chi connectivity index (χ1v) is 24.8. The fourth-order valence-corrected chi connectivity index (χ4v) is 11.8. The smallest absolute Gasteiger partial charge is 0.343 e. The Labute approximate surface area is 381 Å². The van der Waals surface area contributed by atoms with Crippen LogP contribution >= 0.6 is 0 Å². The van der Waals surface area contributed by atoms with Gasteiger partial charge in [-0.25, -0.2) is 22.7 Å². The van der Waals surface area contributed by atoms with E-state index in [-0.39, 0.29) is 86.7 Å². The Morgan fingerprint density at radius 3 is 2.09 bits per heavy atom. The van der Waals surface area contributed by atoms with Crippen molar-refractivity contribution >= 4 is 39.0 Å². The molecule has 2 aromatic carbocycles. The largest absolute Gasteiger partial charge is 0.466 e. The first-order chi connectivity index (χ1) is 29.9. The lowest BCUT2D eigenvalue weighted by Gasteiger charge is -2.50. The Bertz CT molecular complexity index is 2460. The fraction of sp³-hybridized carbons (Fsp3) is 0.608. The molecule has 1 saturated heterocycles. The highest BCUT2D eigenvalue weighted by molar-refractivity contribution is 7.92. The van der Waals surface area contributed by atoms with Crippen molar-refractivity contribution in [2.45, 2.75) is 151 Å². The zero-order valence-electron chi connectivity index (χ0n) is 40.7. The highest BCUT2D eigenvalue weighted by Crippen LogP contribution is 2.50. The molecule has 64 heavy (non-hydrogen) atoms. The number of carbonyl (C=O) groups is 2. The minimum Gasteiger partial charge on any atom is -0.466 e. The maximum atomic E-state index is 15.0. The molecule has 13 heteroatoms. The Hall–Kier alpha value is -4.83. The van der Waals surface area contributed by atoms with E-state index in [4.69, 9.17) is 14.5 Å². The molecule has 348 valence electrons. The number of aromatic nitrogens is 3. The van der Waals surface area contributed by atoms with Crippen molar-refractivity contribution < 1.29 is 27.5 Å². The van der Waals surface area contributed by atoms with Crippen molar-refractivity contribution in [3.05, 3.63) is 64.3 Å². The molecule has 0 radical (unpaired) electrons. The van der Waals surface area contributed by atoms with Gasteiger partial charge in [0, 0.05) is 36.7 Å². The molecule has 2 N–H and O–H groups in total. The quantitative estimate of drug-likeness (QED) is 0.132. The van der Waals surface area contributed by atoms with E-state index < -0.39 is 16.0 Å². The third-order valence-electron chi connectivity index (χ3n) is 13.6. The van der Waals surface area contributed by atoms with Crippen molar-refractivity contribution in [3.8, 4) is 17.5 Å². The third kappa shape index (κ3) is 10.0. The van der Waals surface area contributed by atoms with Gasteiger partial charge in [-0.05, 0) is 102 Å². The molecule has 3 heterocycles. The van der Waals surface area contributed by atoms with Gasteiger partial charge in [-0.2, -0.15) is 5.26 Å². The molecular formula is C51H72N6O6S. The first kappa shape index (κ1) is 48.6. The number of H-pyrrole nitrogens is 1. The minimum atomic E-state index is -4.20. The van der Waals surface area contributed by atoms with Crippen LogP contribution < -0.4 is 9.62 Å².